The van der Waals surface area contributed by atoms with Gasteiger partial charge < -0.3 is 19.3 Å². The van der Waals surface area contributed by atoms with Crippen LogP contribution in [0.1, 0.15) is 28.8 Å². The highest BCUT2D eigenvalue weighted by molar-refractivity contribution is 5.76. The van der Waals surface area contributed by atoms with Crippen LogP contribution in [0.2, 0.25) is 0 Å². The number of benzene rings is 2. The minimum atomic E-state index is -0.748. The number of aldehydes is 1. The Morgan fingerprint density at radius 1 is 1.27 bits per heavy atom. The van der Waals surface area contributed by atoms with Crippen LogP contribution in [-0.4, -0.2) is 61.9 Å². The lowest BCUT2D eigenvalue weighted by Gasteiger charge is -2.27. The third kappa shape index (κ3) is 6.52. The van der Waals surface area contributed by atoms with Crippen LogP contribution in [0, 0.1) is 5.82 Å². The van der Waals surface area contributed by atoms with Crippen molar-refractivity contribution in [3.63, 3.8) is 0 Å². The van der Waals surface area contributed by atoms with E-state index in [4.69, 9.17) is 14.2 Å². The van der Waals surface area contributed by atoms with Crippen LogP contribution in [0.15, 0.2) is 42.5 Å². The molecule has 1 aliphatic heterocycles. The summed E-state index contributed by atoms with van der Waals surface area (Å²) in [6, 6.07) is 11.3. The molecule has 30 heavy (non-hydrogen) atoms. The number of aliphatic hydroxyl groups excluding tert-OH is 1. The van der Waals surface area contributed by atoms with E-state index in [2.05, 4.69) is 4.90 Å². The van der Waals surface area contributed by atoms with E-state index >= 15 is 0 Å². The number of halogens is 1. The number of hydrogen-bond acceptors (Lipinski definition) is 6. The highest BCUT2D eigenvalue weighted by Gasteiger charge is 2.22. The quantitative estimate of drug-likeness (QED) is 0.567. The summed E-state index contributed by atoms with van der Waals surface area (Å²) in [5.41, 5.74) is 1.45. The maximum atomic E-state index is 13.2. The maximum Gasteiger partial charge on any atom is 0.161 e. The van der Waals surface area contributed by atoms with Crippen LogP contribution < -0.4 is 9.47 Å². The van der Waals surface area contributed by atoms with Gasteiger partial charge in [0.15, 0.2) is 11.5 Å². The lowest BCUT2D eigenvalue weighted by Crippen LogP contribution is -2.39. The van der Waals surface area contributed by atoms with E-state index in [9.17, 15) is 14.3 Å². The minimum Gasteiger partial charge on any atom is -0.493 e. The summed E-state index contributed by atoms with van der Waals surface area (Å²) in [4.78, 5) is 13.0. The monoisotopic (exact) mass is 417 g/mol. The third-order valence-corrected chi connectivity index (χ3v) is 5.03. The topological polar surface area (TPSA) is 68.2 Å². The zero-order chi connectivity index (χ0) is 21.3. The molecule has 3 rings (SSSR count). The van der Waals surface area contributed by atoms with Gasteiger partial charge in [0.25, 0.3) is 0 Å². The number of ether oxygens (including phenoxy) is 3. The zero-order valence-electron chi connectivity index (χ0n) is 17.1. The summed E-state index contributed by atoms with van der Waals surface area (Å²) in [7, 11) is 1.50. The average molecular weight is 417 g/mol. The number of methoxy groups -OCH3 is 1. The second-order valence-corrected chi connectivity index (χ2v) is 7.45. The predicted octanol–water partition coefficient (Wildman–Crippen LogP) is 3.07. The highest BCUT2D eigenvalue weighted by Crippen LogP contribution is 2.27. The normalized spacial score (nSPS) is 17.1. The molecule has 1 saturated heterocycles. The van der Waals surface area contributed by atoms with E-state index in [1.54, 1.807) is 30.3 Å². The fraction of sp³-hybridized carbons (Fsp3) is 0.435. The molecule has 0 radical (unpaired) electrons. The number of nitrogens with zero attached hydrogens (tertiary/aromatic N) is 1. The van der Waals surface area contributed by atoms with Crippen molar-refractivity contribution < 1.29 is 28.5 Å². The second kappa shape index (κ2) is 11.1. The standard InChI is InChI=1S/C23H28FNO5/c1-28-23-11-18(15-26)6-9-22(23)30-16-20(27)13-25(14-21-3-2-10-29-21)12-17-4-7-19(24)8-5-17/h4-9,11,15,20-21,27H,2-3,10,12-14,16H2,1H3. The Bertz CT molecular complexity index is 808. The first-order chi connectivity index (χ1) is 14.6. The maximum absolute atomic E-state index is 13.2. The molecule has 2 aromatic rings. The first-order valence-electron chi connectivity index (χ1n) is 10.1. The van der Waals surface area contributed by atoms with E-state index in [1.165, 1.54) is 19.2 Å². The van der Waals surface area contributed by atoms with Gasteiger partial charge in [-0.1, -0.05) is 12.1 Å². The molecule has 1 fully saturated rings. The summed E-state index contributed by atoms with van der Waals surface area (Å²) < 4.78 is 29.9. The van der Waals surface area contributed by atoms with Gasteiger partial charge in [-0.15, -0.1) is 0 Å². The van der Waals surface area contributed by atoms with Gasteiger partial charge in [0.1, 0.15) is 24.8 Å². The van der Waals surface area contributed by atoms with Crippen molar-refractivity contribution in [2.75, 3.05) is 33.4 Å². The molecule has 2 unspecified atom stereocenters. The van der Waals surface area contributed by atoms with E-state index in [0.717, 1.165) is 31.3 Å². The molecule has 2 atom stereocenters. The Kier molecular flexibility index (Phi) is 8.19. The molecule has 0 aliphatic carbocycles. The van der Waals surface area contributed by atoms with Crippen LogP contribution >= 0.6 is 0 Å². The van der Waals surface area contributed by atoms with Crippen LogP contribution in [0.4, 0.5) is 4.39 Å². The summed E-state index contributed by atoms with van der Waals surface area (Å²) in [5, 5.41) is 10.6. The molecule has 0 saturated carbocycles. The van der Waals surface area contributed by atoms with Crippen molar-refractivity contribution in [2.24, 2.45) is 0 Å². The van der Waals surface area contributed by atoms with E-state index in [-0.39, 0.29) is 18.5 Å². The molecule has 1 aliphatic rings. The van der Waals surface area contributed by atoms with Gasteiger partial charge in [-0.2, -0.15) is 0 Å². The SMILES string of the molecule is COc1cc(C=O)ccc1OCC(O)CN(Cc1ccc(F)cc1)CC1CCCO1. The molecule has 1 N–H and O–H groups in total. The van der Waals surface area contributed by atoms with Gasteiger partial charge in [-0.3, -0.25) is 9.69 Å². The van der Waals surface area contributed by atoms with Crippen LogP contribution in [0.5, 0.6) is 11.5 Å². The third-order valence-electron chi connectivity index (χ3n) is 5.03. The summed E-state index contributed by atoms with van der Waals surface area (Å²) in [5.74, 6) is 0.632. The largest absolute Gasteiger partial charge is 0.493 e. The fourth-order valence-corrected chi connectivity index (χ4v) is 3.54. The van der Waals surface area contributed by atoms with Crippen molar-refractivity contribution in [1.82, 2.24) is 4.90 Å². The van der Waals surface area contributed by atoms with E-state index < -0.39 is 6.10 Å². The molecule has 162 valence electrons. The molecule has 0 amide bonds. The highest BCUT2D eigenvalue weighted by atomic mass is 19.1. The van der Waals surface area contributed by atoms with Gasteiger partial charge in [0.05, 0.1) is 13.2 Å². The fourth-order valence-electron chi connectivity index (χ4n) is 3.54. The Morgan fingerprint density at radius 3 is 2.73 bits per heavy atom. The van der Waals surface area contributed by atoms with Crippen molar-refractivity contribution in [3.05, 3.63) is 59.4 Å². The Hall–Kier alpha value is -2.48. The Balaban J connectivity index is 1.59. The molecule has 2 aromatic carbocycles. The van der Waals surface area contributed by atoms with Gasteiger partial charge in [0.2, 0.25) is 0 Å². The average Bonchev–Trinajstić information content (AvgIpc) is 3.26. The van der Waals surface area contributed by atoms with Crippen molar-refractivity contribution in [2.45, 2.75) is 31.6 Å². The molecular weight excluding hydrogens is 389 g/mol. The zero-order valence-corrected chi connectivity index (χ0v) is 17.1. The molecule has 0 aromatic heterocycles. The smallest absolute Gasteiger partial charge is 0.161 e. The molecule has 0 spiro atoms. The number of carbonyl (C=O) groups is 1. The number of aliphatic hydroxyl groups is 1. The van der Waals surface area contributed by atoms with Gasteiger partial charge >= 0.3 is 0 Å². The van der Waals surface area contributed by atoms with Crippen LogP contribution in [0.25, 0.3) is 0 Å². The Morgan fingerprint density at radius 2 is 2.07 bits per heavy atom. The van der Waals surface area contributed by atoms with Crippen molar-refractivity contribution in [1.29, 1.82) is 0 Å². The predicted molar refractivity (Wildman–Crippen MR) is 111 cm³/mol. The van der Waals surface area contributed by atoms with Crippen molar-refractivity contribution in [3.8, 4) is 11.5 Å². The van der Waals surface area contributed by atoms with Gasteiger partial charge in [-0.05, 0) is 48.7 Å². The first kappa shape index (κ1) is 22.2. The van der Waals surface area contributed by atoms with Crippen LogP contribution in [0.3, 0.4) is 0 Å². The Labute approximate surface area is 176 Å². The summed E-state index contributed by atoms with van der Waals surface area (Å²) in [6.07, 6.45) is 2.15. The van der Waals surface area contributed by atoms with Gasteiger partial charge in [0, 0.05) is 31.8 Å². The minimum absolute atomic E-state index is 0.0717. The molecule has 0 bridgehead atoms. The van der Waals surface area contributed by atoms with Gasteiger partial charge in [-0.25, -0.2) is 4.39 Å². The van der Waals surface area contributed by atoms with E-state index in [0.29, 0.717) is 36.7 Å². The molecule has 7 heteroatoms. The summed E-state index contributed by atoms with van der Waals surface area (Å²) >= 11 is 0. The number of carbonyl (C=O) groups excluding carboxylic acids is 1. The molecular formula is C23H28FNO5. The van der Waals surface area contributed by atoms with Crippen molar-refractivity contribution >= 4 is 6.29 Å². The summed E-state index contributed by atoms with van der Waals surface area (Å²) in [6.45, 7) is 2.48. The number of hydrogen-bond donors (Lipinski definition) is 1. The first-order valence-corrected chi connectivity index (χ1v) is 10.1. The molecule has 1 heterocycles. The van der Waals surface area contributed by atoms with E-state index in [1.807, 2.05) is 0 Å². The lowest BCUT2D eigenvalue weighted by atomic mass is 10.1. The number of rotatable bonds is 11. The lowest BCUT2D eigenvalue weighted by molar-refractivity contribution is 0.0310. The molecule has 6 nitrogen and oxygen atoms in total. The second-order valence-electron chi connectivity index (χ2n) is 7.45. The van der Waals surface area contributed by atoms with Crippen LogP contribution in [-0.2, 0) is 11.3 Å².